The van der Waals surface area contributed by atoms with Gasteiger partial charge in [-0.1, -0.05) is 6.58 Å². The van der Waals surface area contributed by atoms with Gasteiger partial charge in [-0.15, -0.1) is 0 Å². The van der Waals surface area contributed by atoms with Gasteiger partial charge in [0.15, 0.2) is 5.52 Å². The van der Waals surface area contributed by atoms with E-state index in [0.29, 0.717) is 22.0 Å². The van der Waals surface area contributed by atoms with Gasteiger partial charge < -0.3 is 9.72 Å². The Kier molecular flexibility index (Phi) is 3.84. The Morgan fingerprint density at radius 1 is 1.48 bits per heavy atom. The Balaban J connectivity index is 1.88. The van der Waals surface area contributed by atoms with Gasteiger partial charge in [0.2, 0.25) is 0 Å². The Morgan fingerprint density at radius 3 is 2.86 bits per heavy atom. The molecule has 1 aliphatic rings. The monoisotopic (exact) mass is 352 g/mol. The van der Waals surface area contributed by atoms with E-state index >= 15 is 0 Å². The summed E-state index contributed by atoms with van der Waals surface area (Å²) in [5, 5.41) is 4.23. The maximum absolute atomic E-state index is 11.9. The number of hydrogen-bond acceptors (Lipinski definition) is 4. The van der Waals surface area contributed by atoms with Crippen molar-refractivity contribution >= 4 is 21.4 Å². The van der Waals surface area contributed by atoms with Gasteiger partial charge in [-0.3, -0.25) is 4.79 Å². The predicted octanol–water partition coefficient (Wildman–Crippen LogP) is 2.61. The summed E-state index contributed by atoms with van der Waals surface area (Å²) in [5.41, 5.74) is 0.285. The third-order valence-electron chi connectivity index (χ3n) is 4.23. The molecule has 2 aromatic heterocycles. The average molecular weight is 353 g/mol. The molecule has 0 unspecified atom stereocenters. The highest BCUT2D eigenvalue weighted by Crippen LogP contribution is 2.38. The second-order valence-corrected chi connectivity index (χ2v) is 6.11. The first kappa shape index (κ1) is 14.3. The third kappa shape index (κ3) is 2.50. The van der Waals surface area contributed by atoms with Crippen molar-refractivity contribution in [3.63, 3.8) is 0 Å². The van der Waals surface area contributed by atoms with Gasteiger partial charge in [0, 0.05) is 11.8 Å². The van der Waals surface area contributed by atoms with Crippen LogP contribution in [0.4, 0.5) is 0 Å². The molecule has 0 saturated heterocycles. The molecule has 0 aromatic carbocycles. The lowest BCUT2D eigenvalue weighted by Crippen LogP contribution is -2.19. The first-order chi connectivity index (χ1) is 10.1. The number of imidazole rings is 1. The number of fused-ring (bicyclic) bond motifs is 1. The first-order valence-corrected chi connectivity index (χ1v) is 7.75. The highest BCUT2D eigenvalue weighted by Gasteiger charge is 2.28. The SMILES string of the molecule is C=C(OC)C1CCC(c2nc(Br)c3c(=O)[nH]cnn23)CC1. The van der Waals surface area contributed by atoms with Crippen LogP contribution in [-0.4, -0.2) is 26.7 Å². The average Bonchev–Trinajstić information content (AvgIpc) is 2.85. The van der Waals surface area contributed by atoms with E-state index in [1.54, 1.807) is 11.6 Å². The van der Waals surface area contributed by atoms with Crippen molar-refractivity contribution in [1.82, 2.24) is 19.6 Å². The molecule has 112 valence electrons. The number of ether oxygens (including phenoxy) is 1. The van der Waals surface area contributed by atoms with E-state index in [9.17, 15) is 4.79 Å². The van der Waals surface area contributed by atoms with Gasteiger partial charge in [0.05, 0.1) is 12.9 Å². The molecule has 21 heavy (non-hydrogen) atoms. The van der Waals surface area contributed by atoms with Gasteiger partial charge in [0.25, 0.3) is 5.56 Å². The topological polar surface area (TPSA) is 72.3 Å². The number of aromatic nitrogens is 4. The van der Waals surface area contributed by atoms with Gasteiger partial charge in [-0.05, 0) is 41.6 Å². The van der Waals surface area contributed by atoms with Crippen LogP contribution in [-0.2, 0) is 4.74 Å². The highest BCUT2D eigenvalue weighted by atomic mass is 79.9. The molecule has 0 atom stereocenters. The largest absolute Gasteiger partial charge is 0.501 e. The molecular formula is C14H17BrN4O2. The van der Waals surface area contributed by atoms with Crippen LogP contribution in [0.3, 0.4) is 0 Å². The van der Waals surface area contributed by atoms with Crippen LogP contribution in [0.2, 0.25) is 0 Å². The summed E-state index contributed by atoms with van der Waals surface area (Å²) in [6, 6.07) is 0. The zero-order chi connectivity index (χ0) is 15.0. The molecule has 0 radical (unpaired) electrons. The van der Waals surface area contributed by atoms with Crippen molar-refractivity contribution in [2.24, 2.45) is 5.92 Å². The minimum absolute atomic E-state index is 0.183. The van der Waals surface area contributed by atoms with E-state index in [1.165, 1.54) is 6.33 Å². The molecule has 1 N–H and O–H groups in total. The number of nitrogens with zero attached hydrogens (tertiary/aromatic N) is 3. The molecule has 1 aliphatic carbocycles. The molecule has 0 amide bonds. The fourth-order valence-electron chi connectivity index (χ4n) is 3.03. The molecule has 7 heteroatoms. The fraction of sp³-hybridized carbons (Fsp3) is 0.500. The van der Waals surface area contributed by atoms with Gasteiger partial charge in [-0.25, -0.2) is 9.50 Å². The summed E-state index contributed by atoms with van der Waals surface area (Å²) in [4.78, 5) is 18.9. The zero-order valence-corrected chi connectivity index (χ0v) is 13.4. The molecule has 3 rings (SSSR count). The number of allylic oxidation sites excluding steroid dienone is 1. The lowest BCUT2D eigenvalue weighted by Gasteiger charge is -2.28. The lowest BCUT2D eigenvalue weighted by atomic mass is 9.81. The van der Waals surface area contributed by atoms with Gasteiger partial charge in [-0.2, -0.15) is 5.10 Å². The van der Waals surface area contributed by atoms with Crippen molar-refractivity contribution in [3.05, 3.63) is 39.4 Å². The molecule has 1 fully saturated rings. The Labute approximate surface area is 130 Å². The standard InChI is InChI=1S/C14H17BrN4O2/c1-8(21-2)9-3-5-10(6-4-9)13-18-12(15)11-14(20)16-7-17-19(11)13/h7,9-10H,1,3-6H2,2H3,(H,16,17,20). The Hall–Kier alpha value is -1.63. The van der Waals surface area contributed by atoms with Crippen LogP contribution in [0, 0.1) is 5.92 Å². The maximum Gasteiger partial charge on any atom is 0.277 e. The van der Waals surface area contributed by atoms with Crippen molar-refractivity contribution in [3.8, 4) is 0 Å². The number of aromatic amines is 1. The molecule has 1 saturated carbocycles. The molecule has 0 bridgehead atoms. The van der Waals surface area contributed by atoms with Crippen LogP contribution in [0.1, 0.15) is 37.4 Å². The summed E-state index contributed by atoms with van der Waals surface area (Å²) in [6.45, 7) is 3.95. The summed E-state index contributed by atoms with van der Waals surface area (Å²) >= 11 is 3.36. The van der Waals surface area contributed by atoms with Gasteiger partial charge >= 0.3 is 0 Å². The van der Waals surface area contributed by atoms with Crippen molar-refractivity contribution in [2.75, 3.05) is 7.11 Å². The van der Waals surface area contributed by atoms with Crippen molar-refractivity contribution in [2.45, 2.75) is 31.6 Å². The summed E-state index contributed by atoms with van der Waals surface area (Å²) in [6.07, 6.45) is 5.44. The smallest absolute Gasteiger partial charge is 0.277 e. The van der Waals surface area contributed by atoms with Crippen molar-refractivity contribution in [1.29, 1.82) is 0 Å². The number of hydrogen-bond donors (Lipinski definition) is 1. The minimum atomic E-state index is -0.183. The first-order valence-electron chi connectivity index (χ1n) is 6.96. The second kappa shape index (κ2) is 5.63. The zero-order valence-electron chi connectivity index (χ0n) is 11.8. The summed E-state index contributed by atoms with van der Waals surface area (Å²) in [5.74, 6) is 2.43. The number of nitrogens with one attached hydrogen (secondary N) is 1. The minimum Gasteiger partial charge on any atom is -0.501 e. The van der Waals surface area contributed by atoms with E-state index in [2.05, 4.69) is 37.6 Å². The van der Waals surface area contributed by atoms with E-state index in [-0.39, 0.29) is 5.56 Å². The van der Waals surface area contributed by atoms with Crippen LogP contribution in [0.5, 0.6) is 0 Å². The number of methoxy groups -OCH3 is 1. The number of H-pyrrole nitrogens is 1. The van der Waals surface area contributed by atoms with E-state index < -0.39 is 0 Å². The van der Waals surface area contributed by atoms with Crippen LogP contribution < -0.4 is 5.56 Å². The normalized spacial score (nSPS) is 22.4. The lowest BCUT2D eigenvalue weighted by molar-refractivity contribution is 0.207. The Bertz CT molecular complexity index is 728. The fourth-order valence-corrected chi connectivity index (χ4v) is 3.56. The van der Waals surface area contributed by atoms with E-state index in [4.69, 9.17) is 4.74 Å². The third-order valence-corrected chi connectivity index (χ3v) is 4.78. The molecular weight excluding hydrogens is 336 g/mol. The van der Waals surface area contributed by atoms with Crippen LogP contribution in [0.25, 0.3) is 5.52 Å². The quantitative estimate of drug-likeness (QED) is 0.861. The molecule has 0 spiro atoms. The molecule has 0 aliphatic heterocycles. The highest BCUT2D eigenvalue weighted by molar-refractivity contribution is 9.10. The molecule has 2 aromatic rings. The van der Waals surface area contributed by atoms with Crippen LogP contribution in [0.15, 0.2) is 28.1 Å². The van der Waals surface area contributed by atoms with Crippen LogP contribution >= 0.6 is 15.9 Å². The number of rotatable bonds is 3. The van der Waals surface area contributed by atoms with E-state index in [0.717, 1.165) is 37.3 Å². The molecule has 6 nitrogen and oxygen atoms in total. The Morgan fingerprint density at radius 2 is 2.19 bits per heavy atom. The van der Waals surface area contributed by atoms with Gasteiger partial charge in [0.1, 0.15) is 16.8 Å². The number of halogens is 1. The van der Waals surface area contributed by atoms with Crippen molar-refractivity contribution < 1.29 is 4.74 Å². The summed E-state index contributed by atoms with van der Waals surface area (Å²) in [7, 11) is 1.67. The summed E-state index contributed by atoms with van der Waals surface area (Å²) < 4.78 is 7.44. The predicted molar refractivity (Wildman–Crippen MR) is 82.2 cm³/mol. The molecule has 2 heterocycles. The second-order valence-electron chi connectivity index (χ2n) is 5.36. The van der Waals surface area contributed by atoms with E-state index in [1.807, 2.05) is 0 Å². The maximum atomic E-state index is 11.9.